The molecule has 1 aliphatic rings. The van der Waals surface area contributed by atoms with Crippen LogP contribution in [0.2, 0.25) is 0 Å². The van der Waals surface area contributed by atoms with Gasteiger partial charge in [0.1, 0.15) is 13.2 Å². The van der Waals surface area contributed by atoms with Crippen molar-refractivity contribution >= 4 is 23.4 Å². The maximum absolute atomic E-state index is 12.7. The molecule has 2 heterocycles. The van der Waals surface area contributed by atoms with Crippen LogP contribution in [0.15, 0.2) is 41.6 Å². The highest BCUT2D eigenvalue weighted by molar-refractivity contribution is 8.00. The van der Waals surface area contributed by atoms with Gasteiger partial charge in [0.05, 0.1) is 10.9 Å². The zero-order chi connectivity index (χ0) is 20.4. The van der Waals surface area contributed by atoms with E-state index >= 15 is 0 Å². The SMILES string of the molecule is Cc1ccc(-n2nnnc2S[C@@H](C)C(=O)Nc2ccc3c(c2)OCCO3)cc1C. The van der Waals surface area contributed by atoms with Crippen LogP contribution in [0.1, 0.15) is 18.1 Å². The number of thioether (sulfide) groups is 1. The van der Waals surface area contributed by atoms with E-state index in [9.17, 15) is 4.79 Å². The molecule has 0 aliphatic carbocycles. The maximum atomic E-state index is 12.7. The lowest BCUT2D eigenvalue weighted by Crippen LogP contribution is -2.23. The molecule has 3 aromatic rings. The topological polar surface area (TPSA) is 91.2 Å². The minimum atomic E-state index is -0.403. The number of carbonyl (C=O) groups is 1. The Labute approximate surface area is 172 Å². The molecular weight excluding hydrogens is 390 g/mol. The summed E-state index contributed by atoms with van der Waals surface area (Å²) in [6, 6.07) is 11.4. The number of nitrogens with one attached hydrogen (secondary N) is 1. The second-order valence-electron chi connectivity index (χ2n) is 6.75. The molecule has 0 bridgehead atoms. The zero-order valence-electron chi connectivity index (χ0n) is 16.4. The molecule has 9 heteroatoms. The van der Waals surface area contributed by atoms with Crippen molar-refractivity contribution in [2.75, 3.05) is 18.5 Å². The van der Waals surface area contributed by atoms with E-state index in [-0.39, 0.29) is 5.91 Å². The molecule has 0 unspecified atom stereocenters. The summed E-state index contributed by atoms with van der Waals surface area (Å²) in [5, 5.41) is 15.0. The molecule has 0 saturated heterocycles. The summed E-state index contributed by atoms with van der Waals surface area (Å²) in [7, 11) is 0. The van der Waals surface area contributed by atoms with Gasteiger partial charge in [-0.2, -0.15) is 4.68 Å². The Morgan fingerprint density at radius 1 is 1.10 bits per heavy atom. The lowest BCUT2D eigenvalue weighted by atomic mass is 10.1. The van der Waals surface area contributed by atoms with Crippen LogP contribution in [-0.2, 0) is 4.79 Å². The fraction of sp³-hybridized carbons (Fsp3) is 0.300. The van der Waals surface area contributed by atoms with Crippen LogP contribution in [0.5, 0.6) is 11.5 Å². The van der Waals surface area contributed by atoms with Gasteiger partial charge in [-0.3, -0.25) is 4.79 Å². The van der Waals surface area contributed by atoms with Crippen molar-refractivity contribution in [3.8, 4) is 17.2 Å². The van der Waals surface area contributed by atoms with Gasteiger partial charge in [-0.1, -0.05) is 17.8 Å². The number of ether oxygens (including phenoxy) is 2. The van der Waals surface area contributed by atoms with Crippen LogP contribution < -0.4 is 14.8 Å². The molecule has 1 aliphatic heterocycles. The molecule has 8 nitrogen and oxygen atoms in total. The van der Waals surface area contributed by atoms with Gasteiger partial charge in [-0.05, 0) is 66.6 Å². The van der Waals surface area contributed by atoms with Gasteiger partial charge in [0, 0.05) is 11.8 Å². The number of tetrazole rings is 1. The van der Waals surface area contributed by atoms with Crippen molar-refractivity contribution in [3.05, 3.63) is 47.5 Å². The molecule has 29 heavy (non-hydrogen) atoms. The van der Waals surface area contributed by atoms with Crippen molar-refractivity contribution in [1.82, 2.24) is 20.2 Å². The summed E-state index contributed by atoms with van der Waals surface area (Å²) in [5.74, 6) is 1.17. The molecule has 0 saturated carbocycles. The molecule has 0 spiro atoms. The van der Waals surface area contributed by atoms with Gasteiger partial charge in [0.2, 0.25) is 11.1 Å². The molecule has 0 radical (unpaired) electrons. The van der Waals surface area contributed by atoms with E-state index in [1.165, 1.54) is 17.3 Å². The summed E-state index contributed by atoms with van der Waals surface area (Å²) in [6.07, 6.45) is 0. The first-order valence-electron chi connectivity index (χ1n) is 9.24. The molecule has 4 rings (SSSR count). The van der Waals surface area contributed by atoms with Gasteiger partial charge in [0.25, 0.3) is 0 Å². The van der Waals surface area contributed by atoms with Crippen LogP contribution in [-0.4, -0.2) is 44.6 Å². The predicted octanol–water partition coefficient (Wildman–Crippen LogP) is 3.17. The van der Waals surface area contributed by atoms with E-state index in [2.05, 4.69) is 27.8 Å². The summed E-state index contributed by atoms with van der Waals surface area (Å²) in [6.45, 7) is 6.94. The third-order valence-electron chi connectivity index (χ3n) is 4.64. The highest BCUT2D eigenvalue weighted by atomic mass is 32.2. The van der Waals surface area contributed by atoms with Crippen LogP contribution in [0.25, 0.3) is 5.69 Å². The summed E-state index contributed by atoms with van der Waals surface area (Å²) >= 11 is 1.30. The van der Waals surface area contributed by atoms with Crippen LogP contribution in [0, 0.1) is 13.8 Å². The third-order valence-corrected chi connectivity index (χ3v) is 5.67. The van der Waals surface area contributed by atoms with Gasteiger partial charge in [0.15, 0.2) is 11.5 Å². The minimum absolute atomic E-state index is 0.152. The molecular formula is C20H21N5O3S. The van der Waals surface area contributed by atoms with E-state index in [1.54, 1.807) is 22.9 Å². The maximum Gasteiger partial charge on any atom is 0.237 e. The lowest BCUT2D eigenvalue weighted by molar-refractivity contribution is -0.115. The number of hydrogen-bond donors (Lipinski definition) is 1. The molecule has 2 aromatic carbocycles. The number of anilines is 1. The highest BCUT2D eigenvalue weighted by Gasteiger charge is 2.20. The quantitative estimate of drug-likeness (QED) is 0.645. The fourth-order valence-corrected chi connectivity index (χ4v) is 3.66. The number of hydrogen-bond acceptors (Lipinski definition) is 7. The van der Waals surface area contributed by atoms with E-state index in [1.807, 2.05) is 32.0 Å². The number of aromatic nitrogens is 4. The first-order chi connectivity index (χ1) is 14.0. The van der Waals surface area contributed by atoms with Gasteiger partial charge >= 0.3 is 0 Å². The van der Waals surface area contributed by atoms with Crippen molar-refractivity contribution in [2.24, 2.45) is 0 Å². The summed E-state index contributed by atoms with van der Waals surface area (Å²) in [4.78, 5) is 12.7. The van der Waals surface area contributed by atoms with Crippen molar-refractivity contribution in [1.29, 1.82) is 0 Å². The Hall–Kier alpha value is -3.07. The summed E-state index contributed by atoms with van der Waals surface area (Å²) in [5.41, 5.74) is 3.86. The Morgan fingerprint density at radius 2 is 1.90 bits per heavy atom. The second-order valence-corrected chi connectivity index (χ2v) is 8.06. The average molecular weight is 411 g/mol. The molecule has 1 amide bonds. The van der Waals surface area contributed by atoms with Gasteiger partial charge < -0.3 is 14.8 Å². The second kappa shape index (κ2) is 8.12. The Balaban J connectivity index is 1.46. The number of aryl methyl sites for hydroxylation is 2. The van der Waals surface area contributed by atoms with Crippen molar-refractivity contribution in [2.45, 2.75) is 31.2 Å². The molecule has 1 aromatic heterocycles. The monoisotopic (exact) mass is 411 g/mol. The molecule has 1 N–H and O–H groups in total. The number of fused-ring (bicyclic) bond motifs is 1. The van der Waals surface area contributed by atoms with E-state index in [0.29, 0.717) is 35.6 Å². The fourth-order valence-electron chi connectivity index (χ4n) is 2.85. The first-order valence-corrected chi connectivity index (χ1v) is 10.1. The molecule has 150 valence electrons. The van der Waals surface area contributed by atoms with E-state index < -0.39 is 5.25 Å². The normalized spacial score (nSPS) is 13.8. The van der Waals surface area contributed by atoms with Crippen LogP contribution in [0.4, 0.5) is 5.69 Å². The lowest BCUT2D eigenvalue weighted by Gasteiger charge is -2.19. The zero-order valence-corrected chi connectivity index (χ0v) is 17.2. The largest absolute Gasteiger partial charge is 0.486 e. The third kappa shape index (κ3) is 4.19. The number of benzene rings is 2. The number of carbonyl (C=O) groups excluding carboxylic acids is 1. The molecule has 0 fully saturated rings. The molecule has 1 atom stereocenters. The Kier molecular flexibility index (Phi) is 5.39. The first kappa shape index (κ1) is 19.3. The van der Waals surface area contributed by atoms with Crippen molar-refractivity contribution < 1.29 is 14.3 Å². The van der Waals surface area contributed by atoms with E-state index in [4.69, 9.17) is 9.47 Å². The van der Waals surface area contributed by atoms with Crippen LogP contribution in [0.3, 0.4) is 0 Å². The number of rotatable bonds is 5. The van der Waals surface area contributed by atoms with Gasteiger partial charge in [-0.15, -0.1) is 5.10 Å². The summed E-state index contributed by atoms with van der Waals surface area (Å²) < 4.78 is 12.7. The average Bonchev–Trinajstić information content (AvgIpc) is 3.18. The Bertz CT molecular complexity index is 1050. The standard InChI is InChI=1S/C20H21N5O3S/c1-12-4-6-16(10-13(12)2)25-20(22-23-24-25)29-14(3)19(26)21-15-5-7-17-18(11-15)28-9-8-27-17/h4-7,10-11,14H,8-9H2,1-3H3,(H,21,26)/t14-/m0/s1. The smallest absolute Gasteiger partial charge is 0.237 e. The van der Waals surface area contributed by atoms with Crippen LogP contribution >= 0.6 is 11.8 Å². The highest BCUT2D eigenvalue weighted by Crippen LogP contribution is 2.33. The predicted molar refractivity (Wildman–Crippen MR) is 110 cm³/mol. The van der Waals surface area contributed by atoms with E-state index in [0.717, 1.165) is 11.3 Å². The van der Waals surface area contributed by atoms with Gasteiger partial charge in [-0.25, -0.2) is 0 Å². The van der Waals surface area contributed by atoms with Crippen molar-refractivity contribution in [3.63, 3.8) is 0 Å². The number of amides is 1. The Morgan fingerprint density at radius 3 is 2.69 bits per heavy atom. The minimum Gasteiger partial charge on any atom is -0.486 e. The number of nitrogens with zero attached hydrogens (tertiary/aromatic N) is 4.